The van der Waals surface area contributed by atoms with Crippen molar-refractivity contribution in [2.24, 2.45) is 0 Å². The Morgan fingerprint density at radius 2 is 1.86 bits per heavy atom. The highest BCUT2D eigenvalue weighted by Crippen LogP contribution is 2.41. The Labute approximate surface area is 210 Å². The second kappa shape index (κ2) is 10.3. The molecule has 2 aliphatic heterocycles. The maximum absolute atomic E-state index is 13.5. The molecular formula is C26H37N3O4SSi. The van der Waals surface area contributed by atoms with Gasteiger partial charge in [0.1, 0.15) is 18.9 Å². The molecule has 35 heavy (non-hydrogen) atoms. The van der Waals surface area contributed by atoms with Crippen LogP contribution in [-0.4, -0.2) is 52.9 Å². The number of amides is 1. The summed E-state index contributed by atoms with van der Waals surface area (Å²) in [7, 11) is -5.49. The molecule has 0 aliphatic carbocycles. The van der Waals surface area contributed by atoms with Gasteiger partial charge in [0.2, 0.25) is 0 Å². The standard InChI is InChI=1S/C26H37N3O4SSi/c1-20-23(22-11-8-14-27-17-22)12-13-24(26(20)33-19-21-9-6-5-7-10-21)29-18-25(30)28(34(29,31)32)15-16-35(2,3)4/h5-7,9-10,12-13,22,27H,8,11,14-19H2,1-4H3. The Bertz CT molecular complexity index is 1160. The first-order valence-corrected chi connectivity index (χ1v) is 17.5. The maximum atomic E-state index is 13.5. The van der Waals surface area contributed by atoms with E-state index in [-0.39, 0.29) is 19.0 Å². The van der Waals surface area contributed by atoms with E-state index in [4.69, 9.17) is 4.74 Å². The molecule has 2 aromatic carbocycles. The number of nitrogens with one attached hydrogen (secondary N) is 1. The highest BCUT2D eigenvalue weighted by molar-refractivity contribution is 7.91. The van der Waals surface area contributed by atoms with E-state index >= 15 is 0 Å². The second-order valence-electron chi connectivity index (χ2n) is 10.7. The summed E-state index contributed by atoms with van der Waals surface area (Å²) >= 11 is 0. The van der Waals surface area contributed by atoms with Gasteiger partial charge < -0.3 is 10.1 Å². The summed E-state index contributed by atoms with van der Waals surface area (Å²) in [5.41, 5.74) is 3.55. The number of rotatable bonds is 8. The van der Waals surface area contributed by atoms with Crippen LogP contribution in [0.1, 0.15) is 35.4 Å². The van der Waals surface area contributed by atoms with Crippen molar-refractivity contribution < 1.29 is 17.9 Å². The summed E-state index contributed by atoms with van der Waals surface area (Å²) in [5.74, 6) is 0.512. The fourth-order valence-corrected chi connectivity index (χ4v) is 7.38. The third-order valence-corrected chi connectivity index (χ3v) is 10.4. The molecule has 2 heterocycles. The molecule has 0 radical (unpaired) electrons. The monoisotopic (exact) mass is 515 g/mol. The quantitative estimate of drug-likeness (QED) is 0.531. The molecule has 1 N–H and O–H groups in total. The van der Waals surface area contributed by atoms with Crippen LogP contribution in [0.5, 0.6) is 5.75 Å². The van der Waals surface area contributed by atoms with Crippen LogP contribution in [0, 0.1) is 6.92 Å². The summed E-state index contributed by atoms with van der Waals surface area (Å²) in [6.07, 6.45) is 2.18. The molecule has 9 heteroatoms. The number of hydrogen-bond acceptors (Lipinski definition) is 5. The number of carbonyl (C=O) groups excluding carboxylic acids is 1. The fourth-order valence-electron chi connectivity index (χ4n) is 4.78. The SMILES string of the molecule is Cc1c(C2CCCNC2)ccc(N2CC(=O)N(CC[Si](C)(C)C)S2(=O)=O)c1OCc1ccccc1. The van der Waals surface area contributed by atoms with Crippen molar-refractivity contribution in [2.45, 2.75) is 58.0 Å². The van der Waals surface area contributed by atoms with Crippen LogP contribution in [0.4, 0.5) is 5.69 Å². The van der Waals surface area contributed by atoms with Gasteiger partial charge in [-0.25, -0.2) is 8.61 Å². The van der Waals surface area contributed by atoms with Crippen molar-refractivity contribution in [1.82, 2.24) is 9.62 Å². The molecule has 0 aromatic heterocycles. The smallest absolute Gasteiger partial charge is 0.329 e. The van der Waals surface area contributed by atoms with Crippen LogP contribution in [0.3, 0.4) is 0 Å². The van der Waals surface area contributed by atoms with E-state index in [1.807, 2.05) is 49.4 Å². The average molecular weight is 516 g/mol. The third kappa shape index (κ3) is 5.73. The fraction of sp³-hybridized carbons (Fsp3) is 0.500. The first kappa shape index (κ1) is 25.7. The first-order valence-electron chi connectivity index (χ1n) is 12.4. The summed E-state index contributed by atoms with van der Waals surface area (Å²) in [5, 5.41) is 3.46. The number of anilines is 1. The number of ether oxygens (including phenoxy) is 1. The molecular weight excluding hydrogens is 478 g/mol. The molecule has 0 bridgehead atoms. The summed E-state index contributed by atoms with van der Waals surface area (Å²) in [6.45, 7) is 10.8. The van der Waals surface area contributed by atoms with Crippen molar-refractivity contribution in [3.05, 3.63) is 59.2 Å². The Morgan fingerprint density at radius 3 is 2.51 bits per heavy atom. The van der Waals surface area contributed by atoms with Gasteiger partial charge in [-0.2, -0.15) is 8.42 Å². The summed E-state index contributed by atoms with van der Waals surface area (Å²) in [6, 6.07) is 14.4. The molecule has 1 unspecified atom stereocenters. The van der Waals surface area contributed by atoms with Gasteiger partial charge in [-0.3, -0.25) is 4.79 Å². The molecule has 7 nitrogen and oxygen atoms in total. The van der Waals surface area contributed by atoms with Gasteiger partial charge in [-0.05, 0) is 61.0 Å². The number of nitrogens with zero attached hydrogens (tertiary/aromatic N) is 2. The molecule has 4 rings (SSSR count). The van der Waals surface area contributed by atoms with Crippen molar-refractivity contribution in [1.29, 1.82) is 0 Å². The van der Waals surface area contributed by atoms with Gasteiger partial charge in [-0.1, -0.05) is 56.0 Å². The van der Waals surface area contributed by atoms with Crippen LogP contribution < -0.4 is 14.4 Å². The van der Waals surface area contributed by atoms with Crippen LogP contribution in [0.25, 0.3) is 0 Å². The zero-order chi connectivity index (χ0) is 25.2. The Hall–Kier alpha value is -2.36. The third-order valence-electron chi connectivity index (χ3n) is 6.84. The van der Waals surface area contributed by atoms with E-state index in [1.54, 1.807) is 0 Å². The lowest BCUT2D eigenvalue weighted by Crippen LogP contribution is -2.37. The lowest BCUT2D eigenvalue weighted by molar-refractivity contribution is -0.123. The Kier molecular flexibility index (Phi) is 7.59. The molecule has 2 fully saturated rings. The lowest BCUT2D eigenvalue weighted by atomic mass is 9.88. The van der Waals surface area contributed by atoms with Gasteiger partial charge >= 0.3 is 10.2 Å². The van der Waals surface area contributed by atoms with Crippen molar-refractivity contribution >= 4 is 29.9 Å². The highest BCUT2D eigenvalue weighted by atomic mass is 32.2. The van der Waals surface area contributed by atoms with Gasteiger partial charge in [0.15, 0.2) is 0 Å². The predicted molar refractivity (Wildman–Crippen MR) is 143 cm³/mol. The molecule has 2 aromatic rings. The van der Waals surface area contributed by atoms with E-state index in [0.717, 1.165) is 47.4 Å². The largest absolute Gasteiger partial charge is 0.486 e. The van der Waals surface area contributed by atoms with Crippen molar-refractivity contribution in [3.8, 4) is 5.75 Å². The Balaban J connectivity index is 1.70. The lowest BCUT2D eigenvalue weighted by Gasteiger charge is -2.28. The predicted octanol–water partition coefficient (Wildman–Crippen LogP) is 4.27. The molecule has 190 valence electrons. The molecule has 1 amide bonds. The van der Waals surface area contributed by atoms with Gasteiger partial charge in [0, 0.05) is 21.2 Å². The van der Waals surface area contributed by atoms with Gasteiger partial charge in [-0.15, -0.1) is 0 Å². The van der Waals surface area contributed by atoms with Gasteiger partial charge in [0.25, 0.3) is 5.91 Å². The van der Waals surface area contributed by atoms with Crippen LogP contribution >= 0.6 is 0 Å². The molecule has 0 spiro atoms. The number of piperidine rings is 1. The van der Waals surface area contributed by atoms with E-state index in [0.29, 0.717) is 24.0 Å². The molecule has 0 saturated carbocycles. The maximum Gasteiger partial charge on any atom is 0.329 e. The summed E-state index contributed by atoms with van der Waals surface area (Å²) < 4.78 is 35.7. The van der Waals surface area contributed by atoms with E-state index in [9.17, 15) is 13.2 Å². The topological polar surface area (TPSA) is 79.0 Å². The zero-order valence-electron chi connectivity index (χ0n) is 21.2. The minimum absolute atomic E-state index is 0.195. The molecule has 2 aliphatic rings. The number of carbonyl (C=O) groups is 1. The Morgan fingerprint density at radius 1 is 1.11 bits per heavy atom. The van der Waals surface area contributed by atoms with E-state index in [1.165, 1.54) is 9.87 Å². The van der Waals surface area contributed by atoms with Crippen LogP contribution in [0.2, 0.25) is 25.7 Å². The van der Waals surface area contributed by atoms with Crippen LogP contribution in [0.15, 0.2) is 42.5 Å². The number of benzene rings is 2. The van der Waals surface area contributed by atoms with Crippen molar-refractivity contribution in [2.75, 3.05) is 30.5 Å². The molecule has 2 saturated heterocycles. The second-order valence-corrected chi connectivity index (χ2v) is 18.1. The number of hydrogen-bond donors (Lipinski definition) is 1. The van der Waals surface area contributed by atoms with E-state index in [2.05, 4.69) is 25.0 Å². The van der Waals surface area contributed by atoms with Crippen LogP contribution in [-0.2, 0) is 21.6 Å². The minimum atomic E-state index is -3.97. The minimum Gasteiger partial charge on any atom is -0.486 e. The first-order chi connectivity index (χ1) is 16.6. The van der Waals surface area contributed by atoms with Crippen molar-refractivity contribution in [3.63, 3.8) is 0 Å². The highest BCUT2D eigenvalue weighted by Gasteiger charge is 2.44. The van der Waals surface area contributed by atoms with E-state index < -0.39 is 18.3 Å². The zero-order valence-corrected chi connectivity index (χ0v) is 23.0. The molecule has 1 atom stereocenters. The normalized spacial score (nSPS) is 20.3. The average Bonchev–Trinajstić information content (AvgIpc) is 3.05. The van der Waals surface area contributed by atoms with Gasteiger partial charge in [0.05, 0.1) is 5.69 Å². The summed E-state index contributed by atoms with van der Waals surface area (Å²) in [4.78, 5) is 12.9.